The van der Waals surface area contributed by atoms with E-state index >= 15 is 0 Å². The minimum absolute atomic E-state index is 0.461. The maximum Gasteiger partial charge on any atom is 0.00793 e. The van der Waals surface area contributed by atoms with Gasteiger partial charge in [-0.2, -0.15) is 0 Å². The Morgan fingerprint density at radius 3 is 2.00 bits per heavy atom. The molecule has 0 heterocycles. The number of hydrogen-bond donors (Lipinski definition) is 1. The number of nitrogens with one attached hydrogen (secondary N) is 1. The molecule has 2 heteroatoms. The molecule has 17 heavy (non-hydrogen) atoms. The molecule has 2 nitrogen and oxygen atoms in total. The zero-order valence-electron chi connectivity index (χ0n) is 13.0. The predicted octanol–water partition coefficient (Wildman–Crippen LogP) is 3.52. The van der Waals surface area contributed by atoms with Crippen LogP contribution in [0.3, 0.4) is 0 Å². The zero-order chi connectivity index (χ0) is 13.3. The van der Waals surface area contributed by atoms with Crippen LogP contribution in [-0.2, 0) is 0 Å². The minimum atomic E-state index is 0.461. The first-order valence-electron chi connectivity index (χ1n) is 7.38. The van der Waals surface area contributed by atoms with E-state index in [0.29, 0.717) is 11.5 Å². The lowest BCUT2D eigenvalue weighted by atomic mass is 9.88. The van der Waals surface area contributed by atoms with E-state index in [1.54, 1.807) is 0 Å². The van der Waals surface area contributed by atoms with Crippen molar-refractivity contribution in [1.29, 1.82) is 0 Å². The van der Waals surface area contributed by atoms with E-state index in [0.717, 1.165) is 6.54 Å². The lowest BCUT2D eigenvalue weighted by Crippen LogP contribution is -2.35. The van der Waals surface area contributed by atoms with Crippen LogP contribution >= 0.6 is 0 Å². The Balaban J connectivity index is 3.97. The van der Waals surface area contributed by atoms with Gasteiger partial charge in [-0.15, -0.1) is 0 Å². The topological polar surface area (TPSA) is 15.3 Å². The van der Waals surface area contributed by atoms with E-state index in [-0.39, 0.29) is 0 Å². The summed E-state index contributed by atoms with van der Waals surface area (Å²) in [5, 5.41) is 3.63. The highest BCUT2D eigenvalue weighted by atomic mass is 15.1. The molecule has 0 aliphatic rings. The second kappa shape index (κ2) is 8.93. The first-order chi connectivity index (χ1) is 7.92. The van der Waals surface area contributed by atoms with Gasteiger partial charge >= 0.3 is 0 Å². The summed E-state index contributed by atoms with van der Waals surface area (Å²) < 4.78 is 0. The average molecular weight is 242 g/mol. The van der Waals surface area contributed by atoms with E-state index in [1.807, 2.05) is 0 Å². The fraction of sp³-hybridized carbons (Fsp3) is 1.00. The van der Waals surface area contributed by atoms with E-state index in [2.05, 4.69) is 51.8 Å². The highest BCUT2D eigenvalue weighted by Crippen LogP contribution is 2.22. The first kappa shape index (κ1) is 16.9. The Hall–Kier alpha value is -0.0800. The molecule has 0 fully saturated rings. The van der Waals surface area contributed by atoms with Gasteiger partial charge in [0.25, 0.3) is 0 Å². The molecule has 0 saturated heterocycles. The van der Waals surface area contributed by atoms with Crippen LogP contribution in [0.4, 0.5) is 0 Å². The van der Waals surface area contributed by atoms with Crippen molar-refractivity contribution in [2.24, 2.45) is 5.41 Å². The normalized spacial score (nSPS) is 14.3. The van der Waals surface area contributed by atoms with E-state index in [9.17, 15) is 0 Å². The molecular formula is C15H34N2. The van der Waals surface area contributed by atoms with Crippen LogP contribution in [0.1, 0.15) is 60.8 Å². The molecule has 0 aliphatic carbocycles. The smallest absolute Gasteiger partial charge is 0.00793 e. The molecule has 0 aromatic rings. The molecule has 0 aromatic heterocycles. The van der Waals surface area contributed by atoms with Gasteiger partial charge in [0, 0.05) is 6.04 Å². The summed E-state index contributed by atoms with van der Waals surface area (Å²) in [6, 6.07) is 0.694. The molecule has 1 N–H and O–H groups in total. The second-order valence-electron chi connectivity index (χ2n) is 6.17. The largest absolute Gasteiger partial charge is 0.314 e. The Morgan fingerprint density at radius 1 is 1.00 bits per heavy atom. The van der Waals surface area contributed by atoms with Gasteiger partial charge in [-0.05, 0) is 50.9 Å². The summed E-state index contributed by atoms with van der Waals surface area (Å²) in [5.74, 6) is 0. The second-order valence-corrected chi connectivity index (χ2v) is 6.17. The molecule has 0 amide bonds. The third-order valence-electron chi connectivity index (χ3n) is 3.42. The molecule has 0 rings (SSSR count). The maximum atomic E-state index is 3.63. The van der Waals surface area contributed by atoms with Crippen LogP contribution in [-0.4, -0.2) is 37.1 Å². The van der Waals surface area contributed by atoms with Gasteiger partial charge in [-0.25, -0.2) is 0 Å². The fourth-order valence-corrected chi connectivity index (χ4v) is 2.12. The molecule has 0 aliphatic heterocycles. The molecule has 0 aromatic carbocycles. The molecular weight excluding hydrogens is 208 g/mol. The van der Waals surface area contributed by atoms with Crippen molar-refractivity contribution in [2.75, 3.05) is 26.2 Å². The van der Waals surface area contributed by atoms with Crippen LogP contribution in [0, 0.1) is 5.41 Å². The van der Waals surface area contributed by atoms with Crippen LogP contribution in [0.2, 0.25) is 0 Å². The van der Waals surface area contributed by atoms with Crippen LogP contribution in [0.15, 0.2) is 0 Å². The number of hydrogen-bond acceptors (Lipinski definition) is 2. The number of nitrogens with zero attached hydrogens (tertiary/aromatic N) is 1. The highest BCUT2D eigenvalue weighted by molar-refractivity contribution is 4.72. The summed E-state index contributed by atoms with van der Waals surface area (Å²) in [6.45, 7) is 18.4. The van der Waals surface area contributed by atoms with Gasteiger partial charge in [-0.1, -0.05) is 41.5 Å². The summed E-state index contributed by atoms with van der Waals surface area (Å²) in [7, 11) is 0. The summed E-state index contributed by atoms with van der Waals surface area (Å²) in [5.41, 5.74) is 0.461. The average Bonchev–Trinajstić information content (AvgIpc) is 2.26. The Morgan fingerprint density at radius 2 is 1.59 bits per heavy atom. The maximum absolute atomic E-state index is 3.63. The molecule has 1 atom stereocenters. The summed E-state index contributed by atoms with van der Waals surface area (Å²) in [6.07, 6.45) is 3.90. The summed E-state index contributed by atoms with van der Waals surface area (Å²) in [4.78, 5) is 2.52. The third-order valence-corrected chi connectivity index (χ3v) is 3.42. The van der Waals surface area contributed by atoms with Crippen molar-refractivity contribution >= 4 is 0 Å². The van der Waals surface area contributed by atoms with Gasteiger partial charge in [0.05, 0.1) is 0 Å². The van der Waals surface area contributed by atoms with E-state index in [4.69, 9.17) is 0 Å². The lowest BCUT2D eigenvalue weighted by molar-refractivity contribution is 0.264. The molecule has 1 unspecified atom stereocenters. The number of rotatable bonds is 9. The Bertz CT molecular complexity index is 168. The van der Waals surface area contributed by atoms with Gasteiger partial charge in [0.2, 0.25) is 0 Å². The van der Waals surface area contributed by atoms with Gasteiger partial charge in [0.15, 0.2) is 0 Å². The quantitative estimate of drug-likeness (QED) is 0.665. The monoisotopic (exact) mass is 242 g/mol. The van der Waals surface area contributed by atoms with Crippen molar-refractivity contribution in [3.63, 3.8) is 0 Å². The minimum Gasteiger partial charge on any atom is -0.314 e. The van der Waals surface area contributed by atoms with Crippen molar-refractivity contribution in [1.82, 2.24) is 10.2 Å². The van der Waals surface area contributed by atoms with Gasteiger partial charge in [0.1, 0.15) is 0 Å². The SMILES string of the molecule is CCNC(CCN(CC)CC)CCC(C)(C)C. The van der Waals surface area contributed by atoms with Gasteiger partial charge < -0.3 is 10.2 Å². The van der Waals surface area contributed by atoms with Crippen LogP contribution in [0.25, 0.3) is 0 Å². The fourth-order valence-electron chi connectivity index (χ4n) is 2.12. The zero-order valence-corrected chi connectivity index (χ0v) is 13.0. The highest BCUT2D eigenvalue weighted by Gasteiger charge is 2.15. The predicted molar refractivity (Wildman–Crippen MR) is 78.6 cm³/mol. The lowest BCUT2D eigenvalue weighted by Gasteiger charge is -2.26. The van der Waals surface area contributed by atoms with E-state index < -0.39 is 0 Å². The summed E-state index contributed by atoms with van der Waals surface area (Å²) >= 11 is 0. The van der Waals surface area contributed by atoms with Gasteiger partial charge in [-0.3, -0.25) is 0 Å². The molecule has 0 bridgehead atoms. The Kier molecular flexibility index (Phi) is 8.89. The standard InChI is InChI=1S/C15H34N2/c1-7-16-14(10-12-15(4,5)6)11-13-17(8-2)9-3/h14,16H,7-13H2,1-6H3. The van der Waals surface area contributed by atoms with Crippen molar-refractivity contribution in [2.45, 2.75) is 66.8 Å². The Labute approximate surface area is 109 Å². The van der Waals surface area contributed by atoms with Crippen LogP contribution in [0.5, 0.6) is 0 Å². The molecule has 104 valence electrons. The van der Waals surface area contributed by atoms with Crippen molar-refractivity contribution in [3.05, 3.63) is 0 Å². The molecule has 0 radical (unpaired) electrons. The third kappa shape index (κ3) is 9.61. The van der Waals surface area contributed by atoms with Crippen LogP contribution < -0.4 is 5.32 Å². The molecule has 0 spiro atoms. The van der Waals surface area contributed by atoms with Crippen molar-refractivity contribution in [3.8, 4) is 0 Å². The van der Waals surface area contributed by atoms with Crippen molar-refractivity contribution < 1.29 is 0 Å². The van der Waals surface area contributed by atoms with E-state index in [1.165, 1.54) is 38.9 Å². The first-order valence-corrected chi connectivity index (χ1v) is 7.38. The molecule has 0 saturated carbocycles.